The smallest absolute Gasteiger partial charge is 0.434 e. The summed E-state index contributed by atoms with van der Waals surface area (Å²) in [5.74, 6) is -1.18. The zero-order chi connectivity index (χ0) is 16.9. The van der Waals surface area contributed by atoms with Gasteiger partial charge in [0.1, 0.15) is 5.56 Å². The molecule has 124 valence electrons. The largest absolute Gasteiger partial charge is 0.462 e. The number of aromatic nitrogens is 2. The Hall–Kier alpha value is -1.90. The Morgan fingerprint density at radius 2 is 1.91 bits per heavy atom. The summed E-state index contributed by atoms with van der Waals surface area (Å²) in [6.07, 6.45) is -3.91. The third kappa shape index (κ3) is 4.83. The molecule has 22 heavy (non-hydrogen) atoms. The van der Waals surface area contributed by atoms with Crippen molar-refractivity contribution in [2.45, 2.75) is 13.1 Å². The number of carbonyl (C=O) groups excluding carboxylic acids is 1. The zero-order valence-corrected chi connectivity index (χ0v) is 12.9. The Labute approximate surface area is 126 Å². The second kappa shape index (κ2) is 7.39. The molecule has 0 aliphatic heterocycles. The molecular formula is C13H19F3N4O2. The van der Waals surface area contributed by atoms with Gasteiger partial charge in [-0.15, -0.1) is 0 Å². The number of anilines is 1. The summed E-state index contributed by atoms with van der Waals surface area (Å²) >= 11 is 0. The molecule has 0 radical (unpaired) electrons. The van der Waals surface area contributed by atoms with Gasteiger partial charge in [0.2, 0.25) is 5.95 Å². The number of hydrogen-bond donors (Lipinski definition) is 0. The van der Waals surface area contributed by atoms with Gasteiger partial charge in [-0.1, -0.05) is 0 Å². The summed E-state index contributed by atoms with van der Waals surface area (Å²) in [7, 11) is 5.28. The summed E-state index contributed by atoms with van der Waals surface area (Å²) in [6.45, 7) is 2.56. The van der Waals surface area contributed by atoms with Gasteiger partial charge in [-0.2, -0.15) is 13.2 Å². The van der Waals surface area contributed by atoms with Crippen LogP contribution in [0.1, 0.15) is 23.0 Å². The van der Waals surface area contributed by atoms with Crippen molar-refractivity contribution in [1.82, 2.24) is 14.9 Å². The van der Waals surface area contributed by atoms with Crippen molar-refractivity contribution in [1.29, 1.82) is 0 Å². The number of hydrogen-bond acceptors (Lipinski definition) is 6. The maximum absolute atomic E-state index is 13.1. The highest BCUT2D eigenvalue weighted by Crippen LogP contribution is 2.31. The summed E-state index contributed by atoms with van der Waals surface area (Å²) in [4.78, 5) is 22.3. The lowest BCUT2D eigenvalue weighted by molar-refractivity contribution is -0.141. The third-order valence-corrected chi connectivity index (χ3v) is 2.76. The number of ether oxygens (including phenoxy) is 1. The molecule has 1 rings (SSSR count). The van der Waals surface area contributed by atoms with E-state index in [4.69, 9.17) is 0 Å². The number of nitrogens with zero attached hydrogens (tertiary/aromatic N) is 4. The zero-order valence-electron chi connectivity index (χ0n) is 12.9. The molecule has 0 saturated heterocycles. The fraction of sp³-hybridized carbons (Fsp3) is 0.615. The van der Waals surface area contributed by atoms with E-state index in [9.17, 15) is 18.0 Å². The van der Waals surface area contributed by atoms with Crippen LogP contribution < -0.4 is 4.90 Å². The van der Waals surface area contributed by atoms with Gasteiger partial charge in [-0.25, -0.2) is 14.8 Å². The molecule has 1 heterocycles. The van der Waals surface area contributed by atoms with Crippen LogP contribution in [-0.2, 0) is 10.9 Å². The number of carbonyl (C=O) groups is 1. The first-order valence-corrected chi connectivity index (χ1v) is 6.64. The molecule has 9 heteroatoms. The molecule has 0 bridgehead atoms. The van der Waals surface area contributed by atoms with E-state index >= 15 is 0 Å². The fourth-order valence-electron chi connectivity index (χ4n) is 1.58. The molecule has 0 aliphatic carbocycles. The predicted octanol–water partition coefficient (Wildman–Crippen LogP) is 1.67. The van der Waals surface area contributed by atoms with E-state index in [1.165, 1.54) is 11.8 Å². The highest BCUT2D eigenvalue weighted by Gasteiger charge is 2.38. The van der Waals surface area contributed by atoms with Crippen LogP contribution in [0.2, 0.25) is 0 Å². The number of halogens is 3. The van der Waals surface area contributed by atoms with Crippen molar-refractivity contribution in [3.8, 4) is 0 Å². The van der Waals surface area contributed by atoms with Crippen LogP contribution in [-0.4, -0.2) is 61.7 Å². The van der Waals surface area contributed by atoms with Gasteiger partial charge in [0.15, 0.2) is 5.69 Å². The van der Waals surface area contributed by atoms with Crippen LogP contribution in [0.5, 0.6) is 0 Å². The highest BCUT2D eigenvalue weighted by molar-refractivity contribution is 5.90. The minimum Gasteiger partial charge on any atom is -0.462 e. The number of likely N-dealkylation sites (N-methyl/N-ethyl adjacent to an activating group) is 2. The van der Waals surface area contributed by atoms with Crippen LogP contribution in [0.15, 0.2) is 6.20 Å². The number of alkyl halides is 3. The van der Waals surface area contributed by atoms with Gasteiger partial charge in [0, 0.05) is 26.3 Å². The van der Waals surface area contributed by atoms with Crippen LogP contribution in [0, 0.1) is 0 Å². The van der Waals surface area contributed by atoms with Crippen LogP contribution in [0.25, 0.3) is 0 Å². The first-order chi connectivity index (χ1) is 10.2. The lowest BCUT2D eigenvalue weighted by atomic mass is 10.2. The van der Waals surface area contributed by atoms with Crippen LogP contribution in [0.3, 0.4) is 0 Å². The minimum absolute atomic E-state index is 0.0272. The molecule has 1 aromatic heterocycles. The van der Waals surface area contributed by atoms with E-state index in [1.54, 1.807) is 7.05 Å². The Balaban J connectivity index is 3.12. The highest BCUT2D eigenvalue weighted by atomic mass is 19.4. The van der Waals surface area contributed by atoms with Gasteiger partial charge < -0.3 is 14.5 Å². The van der Waals surface area contributed by atoms with Gasteiger partial charge in [0.25, 0.3) is 0 Å². The lowest BCUT2D eigenvalue weighted by Crippen LogP contribution is -2.30. The van der Waals surface area contributed by atoms with Gasteiger partial charge in [0.05, 0.1) is 6.61 Å². The van der Waals surface area contributed by atoms with Crippen molar-refractivity contribution < 1.29 is 22.7 Å². The second-order valence-corrected chi connectivity index (χ2v) is 4.88. The molecule has 6 nitrogen and oxygen atoms in total. The van der Waals surface area contributed by atoms with Crippen molar-refractivity contribution in [2.24, 2.45) is 0 Å². The van der Waals surface area contributed by atoms with Gasteiger partial charge in [-0.3, -0.25) is 0 Å². The first-order valence-electron chi connectivity index (χ1n) is 6.64. The maximum Gasteiger partial charge on any atom is 0.434 e. The van der Waals surface area contributed by atoms with Crippen molar-refractivity contribution in [3.05, 3.63) is 17.5 Å². The van der Waals surface area contributed by atoms with Crippen LogP contribution >= 0.6 is 0 Å². The molecule has 0 aliphatic rings. The van der Waals surface area contributed by atoms with E-state index in [0.717, 1.165) is 6.20 Å². The maximum atomic E-state index is 13.1. The van der Waals surface area contributed by atoms with E-state index in [-0.39, 0.29) is 12.6 Å². The molecule has 0 amide bonds. The molecule has 0 aromatic carbocycles. The first kappa shape index (κ1) is 18.1. The Kier molecular flexibility index (Phi) is 6.10. The van der Waals surface area contributed by atoms with Crippen molar-refractivity contribution in [3.63, 3.8) is 0 Å². The molecule has 0 unspecified atom stereocenters. The average Bonchev–Trinajstić information content (AvgIpc) is 2.43. The topological polar surface area (TPSA) is 58.6 Å². The summed E-state index contributed by atoms with van der Waals surface area (Å²) in [5, 5.41) is 0. The van der Waals surface area contributed by atoms with E-state index < -0.39 is 23.4 Å². The summed E-state index contributed by atoms with van der Waals surface area (Å²) in [5.41, 5.74) is -1.97. The van der Waals surface area contributed by atoms with E-state index in [1.807, 2.05) is 19.0 Å². The number of esters is 1. The van der Waals surface area contributed by atoms with Crippen LogP contribution in [0.4, 0.5) is 19.1 Å². The molecule has 0 atom stereocenters. The Morgan fingerprint density at radius 1 is 1.27 bits per heavy atom. The Bertz CT molecular complexity index is 520. The third-order valence-electron chi connectivity index (χ3n) is 2.76. The molecule has 0 N–H and O–H groups in total. The summed E-state index contributed by atoms with van der Waals surface area (Å²) in [6, 6.07) is 0. The van der Waals surface area contributed by atoms with Crippen molar-refractivity contribution in [2.75, 3.05) is 45.7 Å². The molecule has 0 spiro atoms. The predicted molar refractivity (Wildman–Crippen MR) is 74.8 cm³/mol. The molecular weight excluding hydrogens is 301 g/mol. The SMILES string of the molecule is CCOC(=O)c1cnc(N(C)CCN(C)C)nc1C(F)(F)F. The number of rotatable bonds is 6. The van der Waals surface area contributed by atoms with Gasteiger partial charge in [-0.05, 0) is 21.0 Å². The van der Waals surface area contributed by atoms with E-state index in [0.29, 0.717) is 13.1 Å². The van der Waals surface area contributed by atoms with Crippen molar-refractivity contribution >= 4 is 11.9 Å². The quantitative estimate of drug-likeness (QED) is 0.743. The minimum atomic E-state index is -4.76. The lowest BCUT2D eigenvalue weighted by Gasteiger charge is -2.21. The molecule has 0 saturated carbocycles. The molecule has 0 fully saturated rings. The second-order valence-electron chi connectivity index (χ2n) is 4.88. The monoisotopic (exact) mass is 320 g/mol. The summed E-state index contributed by atoms with van der Waals surface area (Å²) < 4.78 is 43.8. The standard InChI is InChI=1S/C13H19F3N4O2/c1-5-22-11(21)9-8-17-12(18-10(9)13(14,15)16)20(4)7-6-19(2)3/h8H,5-7H2,1-4H3. The van der Waals surface area contributed by atoms with Gasteiger partial charge >= 0.3 is 12.1 Å². The van der Waals surface area contributed by atoms with E-state index in [2.05, 4.69) is 14.7 Å². The molecule has 1 aromatic rings. The Morgan fingerprint density at radius 3 is 2.41 bits per heavy atom. The average molecular weight is 320 g/mol. The fourth-order valence-corrected chi connectivity index (χ4v) is 1.58. The normalized spacial score (nSPS) is 11.6.